The normalized spacial score (nSPS) is 10.9. The monoisotopic (exact) mass is 324 g/mol. The average molecular weight is 325 g/mol. The number of carboxylic acid groups (broad SMARTS) is 1. The van der Waals surface area contributed by atoms with E-state index in [1.165, 1.54) is 17.4 Å². The zero-order valence-electron chi connectivity index (χ0n) is 9.80. The first kappa shape index (κ1) is 13.3. The van der Waals surface area contributed by atoms with Gasteiger partial charge in [-0.05, 0) is 18.2 Å². The Morgan fingerprint density at radius 1 is 1.20 bits per heavy atom. The summed E-state index contributed by atoms with van der Waals surface area (Å²) >= 11 is 13.6. The fourth-order valence-corrected chi connectivity index (χ4v) is 2.91. The van der Waals surface area contributed by atoms with Gasteiger partial charge < -0.3 is 5.11 Å². The van der Waals surface area contributed by atoms with Crippen molar-refractivity contribution in [1.29, 1.82) is 0 Å². The maximum atomic E-state index is 11.5. The lowest BCUT2D eigenvalue weighted by Crippen LogP contribution is -2.01. The van der Waals surface area contributed by atoms with Crippen LogP contribution in [0, 0.1) is 0 Å². The lowest BCUT2D eigenvalue weighted by atomic mass is 10.1. The maximum Gasteiger partial charge on any atom is 0.336 e. The molecule has 1 N–H and O–H groups in total. The van der Waals surface area contributed by atoms with Crippen molar-refractivity contribution in [2.45, 2.75) is 0 Å². The molecule has 0 bridgehead atoms. The first-order valence-electron chi connectivity index (χ1n) is 5.48. The SMILES string of the molecule is O=C(O)c1cc(-c2cscn2)nc2c(Cl)ccc(Cl)c12. The van der Waals surface area contributed by atoms with Crippen LogP contribution in [0.2, 0.25) is 10.0 Å². The molecule has 0 saturated heterocycles. The van der Waals surface area contributed by atoms with Gasteiger partial charge in [-0.3, -0.25) is 0 Å². The van der Waals surface area contributed by atoms with Crippen LogP contribution in [-0.2, 0) is 0 Å². The lowest BCUT2D eigenvalue weighted by molar-refractivity contribution is 0.0699. The summed E-state index contributed by atoms with van der Waals surface area (Å²) in [6.45, 7) is 0. The number of fused-ring (bicyclic) bond motifs is 1. The number of rotatable bonds is 2. The zero-order chi connectivity index (χ0) is 14.3. The van der Waals surface area contributed by atoms with Gasteiger partial charge in [-0.1, -0.05) is 23.2 Å². The van der Waals surface area contributed by atoms with Crippen molar-refractivity contribution in [3.63, 3.8) is 0 Å². The molecule has 0 saturated carbocycles. The summed E-state index contributed by atoms with van der Waals surface area (Å²) in [6.07, 6.45) is 0. The van der Waals surface area contributed by atoms with Crippen molar-refractivity contribution in [1.82, 2.24) is 9.97 Å². The number of carbonyl (C=O) groups is 1. The largest absolute Gasteiger partial charge is 0.478 e. The third kappa shape index (κ3) is 2.14. The number of aromatic nitrogens is 2. The van der Waals surface area contributed by atoms with E-state index in [1.54, 1.807) is 23.0 Å². The van der Waals surface area contributed by atoms with Crippen LogP contribution in [0.3, 0.4) is 0 Å². The minimum atomic E-state index is -1.09. The van der Waals surface area contributed by atoms with Crippen LogP contribution in [0.1, 0.15) is 10.4 Å². The Labute approximate surface area is 127 Å². The Hall–Kier alpha value is -1.69. The van der Waals surface area contributed by atoms with Gasteiger partial charge in [0.25, 0.3) is 0 Å². The van der Waals surface area contributed by atoms with E-state index in [-0.39, 0.29) is 5.56 Å². The molecule has 0 aliphatic carbocycles. The highest BCUT2D eigenvalue weighted by Gasteiger charge is 2.17. The van der Waals surface area contributed by atoms with Crippen molar-refractivity contribution < 1.29 is 9.90 Å². The Morgan fingerprint density at radius 2 is 1.95 bits per heavy atom. The molecular formula is C13H6Cl2N2O2S. The van der Waals surface area contributed by atoms with Crippen molar-refractivity contribution in [2.75, 3.05) is 0 Å². The molecule has 2 heterocycles. The zero-order valence-corrected chi connectivity index (χ0v) is 12.1. The van der Waals surface area contributed by atoms with Crippen molar-refractivity contribution >= 4 is 51.4 Å². The number of pyridine rings is 1. The quantitative estimate of drug-likeness (QED) is 0.760. The van der Waals surface area contributed by atoms with Gasteiger partial charge in [0, 0.05) is 10.8 Å². The number of carboxylic acids is 1. The van der Waals surface area contributed by atoms with Crippen molar-refractivity contribution in [3.05, 3.63) is 44.7 Å². The molecule has 2 aromatic heterocycles. The van der Waals surface area contributed by atoms with Gasteiger partial charge >= 0.3 is 5.97 Å². The number of benzene rings is 1. The second-order valence-corrected chi connectivity index (χ2v) is 5.52. The van der Waals surface area contributed by atoms with Crippen LogP contribution in [0.25, 0.3) is 22.3 Å². The minimum absolute atomic E-state index is 0.0606. The maximum absolute atomic E-state index is 11.5. The molecule has 3 aromatic rings. The van der Waals surface area contributed by atoms with Crippen LogP contribution in [0.15, 0.2) is 29.1 Å². The summed E-state index contributed by atoms with van der Waals surface area (Å²) in [4.78, 5) is 20.0. The summed E-state index contributed by atoms with van der Waals surface area (Å²) in [5, 5.41) is 12.2. The molecule has 3 rings (SSSR count). The van der Waals surface area contributed by atoms with Gasteiger partial charge in [0.2, 0.25) is 0 Å². The standard InChI is InChI=1S/C13H6Cl2N2O2S/c14-7-1-2-8(15)12-11(7)6(13(18)19)3-9(17-12)10-4-20-5-16-10/h1-5H,(H,18,19). The van der Waals surface area contributed by atoms with Crippen LogP contribution in [0.5, 0.6) is 0 Å². The van der Waals surface area contributed by atoms with Gasteiger partial charge in [-0.2, -0.15) is 0 Å². The number of aromatic carboxylic acids is 1. The first-order valence-corrected chi connectivity index (χ1v) is 7.18. The van der Waals surface area contributed by atoms with Crippen LogP contribution in [0.4, 0.5) is 0 Å². The van der Waals surface area contributed by atoms with Gasteiger partial charge in [0.1, 0.15) is 0 Å². The van der Waals surface area contributed by atoms with E-state index in [2.05, 4.69) is 9.97 Å². The molecular weight excluding hydrogens is 319 g/mol. The molecule has 4 nitrogen and oxygen atoms in total. The lowest BCUT2D eigenvalue weighted by Gasteiger charge is -2.08. The van der Waals surface area contributed by atoms with Gasteiger partial charge in [-0.25, -0.2) is 14.8 Å². The smallest absolute Gasteiger partial charge is 0.336 e. The molecule has 0 spiro atoms. The van der Waals surface area contributed by atoms with Crippen LogP contribution < -0.4 is 0 Å². The third-order valence-electron chi connectivity index (χ3n) is 2.79. The van der Waals surface area contributed by atoms with Crippen LogP contribution >= 0.6 is 34.5 Å². The molecule has 0 aliphatic heterocycles. The molecule has 0 unspecified atom stereocenters. The number of halogens is 2. The third-order valence-corrected chi connectivity index (χ3v) is 3.99. The Bertz CT molecular complexity index is 819. The van der Waals surface area contributed by atoms with Gasteiger partial charge in [0.15, 0.2) is 0 Å². The molecule has 0 amide bonds. The highest BCUT2D eigenvalue weighted by atomic mass is 35.5. The molecule has 0 aliphatic rings. The molecule has 20 heavy (non-hydrogen) atoms. The van der Waals surface area contributed by atoms with E-state index in [1.807, 2.05) is 0 Å². The van der Waals surface area contributed by atoms with Crippen molar-refractivity contribution in [2.24, 2.45) is 0 Å². The first-order chi connectivity index (χ1) is 9.58. The summed E-state index contributed by atoms with van der Waals surface area (Å²) in [6, 6.07) is 4.61. The van der Waals surface area contributed by atoms with Gasteiger partial charge in [-0.15, -0.1) is 11.3 Å². The number of thiazole rings is 1. The van der Waals surface area contributed by atoms with E-state index < -0.39 is 5.97 Å². The highest BCUT2D eigenvalue weighted by Crippen LogP contribution is 2.33. The summed E-state index contributed by atoms with van der Waals surface area (Å²) < 4.78 is 0. The molecule has 0 atom stereocenters. The van der Waals surface area contributed by atoms with E-state index >= 15 is 0 Å². The van der Waals surface area contributed by atoms with E-state index in [0.29, 0.717) is 32.3 Å². The van der Waals surface area contributed by atoms with Crippen LogP contribution in [-0.4, -0.2) is 21.0 Å². The van der Waals surface area contributed by atoms with Gasteiger partial charge in [0.05, 0.1) is 38.0 Å². The summed E-state index contributed by atoms with van der Waals surface area (Å²) in [5.74, 6) is -1.09. The molecule has 0 fully saturated rings. The summed E-state index contributed by atoms with van der Waals surface area (Å²) in [5.41, 5.74) is 3.14. The molecule has 7 heteroatoms. The number of hydrogen-bond acceptors (Lipinski definition) is 4. The molecule has 100 valence electrons. The van der Waals surface area contributed by atoms with E-state index in [0.717, 1.165) is 0 Å². The molecule has 1 aromatic carbocycles. The topological polar surface area (TPSA) is 63.1 Å². The Kier molecular flexibility index (Phi) is 3.33. The Balaban J connectivity index is 2.43. The Morgan fingerprint density at radius 3 is 2.60 bits per heavy atom. The van der Waals surface area contributed by atoms with E-state index in [4.69, 9.17) is 23.2 Å². The predicted octanol–water partition coefficient (Wildman–Crippen LogP) is 4.36. The predicted molar refractivity (Wildman–Crippen MR) is 79.8 cm³/mol. The average Bonchev–Trinajstić information content (AvgIpc) is 2.96. The second kappa shape index (κ2) is 5.01. The van der Waals surface area contributed by atoms with E-state index in [9.17, 15) is 9.90 Å². The number of hydrogen-bond donors (Lipinski definition) is 1. The minimum Gasteiger partial charge on any atom is -0.478 e. The molecule has 0 radical (unpaired) electrons. The highest BCUT2D eigenvalue weighted by molar-refractivity contribution is 7.07. The summed E-state index contributed by atoms with van der Waals surface area (Å²) in [7, 11) is 0. The number of nitrogens with zero attached hydrogens (tertiary/aromatic N) is 2. The fraction of sp³-hybridized carbons (Fsp3) is 0. The van der Waals surface area contributed by atoms with Crippen molar-refractivity contribution in [3.8, 4) is 11.4 Å². The second-order valence-electron chi connectivity index (χ2n) is 3.99. The fourth-order valence-electron chi connectivity index (χ4n) is 1.91.